The van der Waals surface area contributed by atoms with Gasteiger partial charge in [-0.15, -0.1) is 0 Å². The number of carbonyl (C=O) groups is 3. The van der Waals surface area contributed by atoms with Crippen molar-refractivity contribution < 1.29 is 34.8 Å². The van der Waals surface area contributed by atoms with Gasteiger partial charge in [0.2, 0.25) is 0 Å². The van der Waals surface area contributed by atoms with E-state index >= 15 is 0 Å². The van der Waals surface area contributed by atoms with Gasteiger partial charge in [0.25, 0.3) is 0 Å². The molecule has 15 heavy (non-hydrogen) atoms. The van der Waals surface area contributed by atoms with E-state index in [0.717, 1.165) is 0 Å². The molecule has 0 spiro atoms. The molecule has 0 aliphatic carbocycles. The van der Waals surface area contributed by atoms with Crippen molar-refractivity contribution in [1.82, 2.24) is 0 Å². The highest BCUT2D eigenvalue weighted by Gasteiger charge is 2.40. The lowest BCUT2D eigenvalue weighted by molar-refractivity contribution is -0.170. The first-order valence-electron chi connectivity index (χ1n) is 3.50. The number of rotatable bonds is 5. The van der Waals surface area contributed by atoms with Gasteiger partial charge in [0.15, 0.2) is 5.60 Å². The summed E-state index contributed by atoms with van der Waals surface area (Å²) >= 11 is 0. The summed E-state index contributed by atoms with van der Waals surface area (Å²) in [5, 5.41) is 33.8. The minimum absolute atomic E-state index is 1.14. The topological polar surface area (TPSA) is 184 Å². The Morgan fingerprint density at radius 3 is 1.33 bits per heavy atom. The third-order valence-corrected chi connectivity index (χ3v) is 1.29. The van der Waals surface area contributed by atoms with E-state index in [0.29, 0.717) is 0 Å². The zero-order valence-corrected chi connectivity index (χ0v) is 7.58. The predicted molar refractivity (Wildman–Crippen MR) is 45.5 cm³/mol. The third kappa shape index (κ3) is 6.37. The maximum Gasteiger partial charge on any atom is 0.336 e. The molecule has 0 aromatic carbocycles. The van der Waals surface area contributed by atoms with Crippen molar-refractivity contribution in [2.45, 2.75) is 18.4 Å². The van der Waals surface area contributed by atoms with Gasteiger partial charge >= 0.3 is 17.9 Å². The van der Waals surface area contributed by atoms with Crippen LogP contribution in [0.3, 0.4) is 0 Å². The molecule has 88 valence electrons. The Morgan fingerprint density at radius 2 is 1.20 bits per heavy atom. The lowest BCUT2D eigenvalue weighted by atomic mass is 9.96. The number of carboxylic acids is 3. The summed E-state index contributed by atoms with van der Waals surface area (Å²) in [5.41, 5.74) is -2.74. The quantitative estimate of drug-likeness (QED) is 0.218. The molecule has 9 nitrogen and oxygen atoms in total. The molecule has 9 heteroatoms. The van der Waals surface area contributed by atoms with E-state index in [2.05, 4.69) is 11.7 Å². The first-order valence-corrected chi connectivity index (χ1v) is 3.50. The first kappa shape index (κ1) is 15.7. The van der Waals surface area contributed by atoms with E-state index < -0.39 is 36.4 Å². The number of hydrazine groups is 1. The van der Waals surface area contributed by atoms with Gasteiger partial charge in [-0.1, -0.05) is 0 Å². The Bertz CT molecular complexity index is 236. The highest BCUT2D eigenvalue weighted by atomic mass is 16.4. The summed E-state index contributed by atoms with van der Waals surface area (Å²) < 4.78 is 0. The van der Waals surface area contributed by atoms with Crippen molar-refractivity contribution in [2.75, 3.05) is 0 Å². The van der Waals surface area contributed by atoms with Crippen molar-refractivity contribution in [2.24, 2.45) is 11.7 Å². The van der Waals surface area contributed by atoms with Crippen LogP contribution in [0.25, 0.3) is 0 Å². The van der Waals surface area contributed by atoms with Crippen LogP contribution in [0.5, 0.6) is 0 Å². The normalized spacial score (nSPS) is 9.80. The molecule has 0 saturated carbocycles. The Labute approximate surface area is 83.9 Å². The summed E-state index contributed by atoms with van der Waals surface area (Å²) in [6.07, 6.45) is -2.29. The Morgan fingerprint density at radius 1 is 0.933 bits per heavy atom. The van der Waals surface area contributed by atoms with Crippen molar-refractivity contribution in [3.8, 4) is 0 Å². The SMILES string of the molecule is NN.O=C(O)CC(O)(CC(=O)O)C(=O)O. The molecular weight excluding hydrogens is 212 g/mol. The standard InChI is InChI=1S/C6H8O7.H4N2/c7-3(8)1-6(13,5(11)12)2-4(9)10;1-2/h13H,1-2H2,(H,7,8)(H,9,10)(H,11,12);1-2H2. The minimum atomic E-state index is -2.74. The van der Waals surface area contributed by atoms with Gasteiger partial charge in [-0.05, 0) is 0 Å². The van der Waals surface area contributed by atoms with E-state index in [1.54, 1.807) is 0 Å². The first-order chi connectivity index (χ1) is 6.78. The number of aliphatic carboxylic acids is 3. The van der Waals surface area contributed by atoms with Crippen LogP contribution >= 0.6 is 0 Å². The third-order valence-electron chi connectivity index (χ3n) is 1.29. The summed E-state index contributed by atoms with van der Waals surface area (Å²) in [6, 6.07) is 0. The molecule has 0 atom stereocenters. The monoisotopic (exact) mass is 224 g/mol. The van der Waals surface area contributed by atoms with E-state index in [1.807, 2.05) is 0 Å². The van der Waals surface area contributed by atoms with Crippen LogP contribution in [0, 0.1) is 0 Å². The van der Waals surface area contributed by atoms with Gasteiger partial charge in [0, 0.05) is 0 Å². The lowest BCUT2D eigenvalue weighted by Gasteiger charge is -2.18. The molecule has 0 bridgehead atoms. The van der Waals surface area contributed by atoms with Crippen LogP contribution in [-0.2, 0) is 14.4 Å². The summed E-state index contributed by atoms with van der Waals surface area (Å²) in [7, 11) is 0. The smallest absolute Gasteiger partial charge is 0.336 e. The average molecular weight is 224 g/mol. The number of nitrogens with two attached hydrogens (primary N) is 2. The number of hydrogen-bond donors (Lipinski definition) is 6. The molecule has 0 unspecified atom stereocenters. The van der Waals surface area contributed by atoms with Crippen LogP contribution in [0.1, 0.15) is 12.8 Å². The molecule has 0 aliphatic heterocycles. The molecule has 0 aromatic heterocycles. The summed E-state index contributed by atoms with van der Waals surface area (Å²) in [6.45, 7) is 0. The van der Waals surface area contributed by atoms with Gasteiger partial charge in [0.05, 0.1) is 12.8 Å². The van der Waals surface area contributed by atoms with Crippen molar-refractivity contribution in [3.05, 3.63) is 0 Å². The Hall–Kier alpha value is -1.71. The van der Waals surface area contributed by atoms with Gasteiger partial charge in [-0.2, -0.15) is 0 Å². The van der Waals surface area contributed by atoms with E-state index in [4.69, 9.17) is 20.4 Å². The largest absolute Gasteiger partial charge is 0.481 e. The maximum absolute atomic E-state index is 10.3. The van der Waals surface area contributed by atoms with Gasteiger partial charge in [-0.25, -0.2) is 4.79 Å². The lowest BCUT2D eigenvalue weighted by Crippen LogP contribution is -2.42. The fourth-order valence-corrected chi connectivity index (χ4v) is 0.714. The molecule has 0 fully saturated rings. The second-order valence-corrected chi connectivity index (χ2v) is 2.48. The van der Waals surface area contributed by atoms with Crippen LogP contribution in [0.4, 0.5) is 0 Å². The van der Waals surface area contributed by atoms with Crippen molar-refractivity contribution in [1.29, 1.82) is 0 Å². The maximum atomic E-state index is 10.3. The molecule has 0 amide bonds. The van der Waals surface area contributed by atoms with E-state index in [9.17, 15) is 14.4 Å². The average Bonchev–Trinajstić information content (AvgIpc) is 2.04. The Balaban J connectivity index is 0. The van der Waals surface area contributed by atoms with Crippen molar-refractivity contribution >= 4 is 17.9 Å². The van der Waals surface area contributed by atoms with E-state index in [-0.39, 0.29) is 0 Å². The fraction of sp³-hybridized carbons (Fsp3) is 0.500. The molecule has 0 radical (unpaired) electrons. The second-order valence-electron chi connectivity index (χ2n) is 2.48. The number of aliphatic hydroxyl groups is 1. The number of hydrogen-bond acceptors (Lipinski definition) is 6. The van der Waals surface area contributed by atoms with Crippen LogP contribution in [-0.4, -0.2) is 43.9 Å². The van der Waals surface area contributed by atoms with Crippen LogP contribution in [0.15, 0.2) is 0 Å². The van der Waals surface area contributed by atoms with E-state index in [1.165, 1.54) is 0 Å². The van der Waals surface area contributed by atoms with Gasteiger partial charge in [0.1, 0.15) is 0 Å². The highest BCUT2D eigenvalue weighted by Crippen LogP contribution is 2.15. The molecular formula is C6H12N2O7. The highest BCUT2D eigenvalue weighted by molar-refractivity contribution is 5.88. The Kier molecular flexibility index (Phi) is 7.04. The molecule has 8 N–H and O–H groups in total. The molecule has 0 saturated heterocycles. The molecule has 0 aromatic rings. The van der Waals surface area contributed by atoms with Gasteiger partial charge in [-0.3, -0.25) is 21.3 Å². The van der Waals surface area contributed by atoms with Crippen LogP contribution < -0.4 is 11.7 Å². The molecule has 0 rings (SSSR count). The van der Waals surface area contributed by atoms with Crippen LogP contribution in [0.2, 0.25) is 0 Å². The van der Waals surface area contributed by atoms with Gasteiger partial charge < -0.3 is 20.4 Å². The summed E-state index contributed by atoms with van der Waals surface area (Å²) in [5.74, 6) is 2.98. The predicted octanol–water partition coefficient (Wildman–Crippen LogP) is -2.43. The molecule has 0 heterocycles. The van der Waals surface area contributed by atoms with Crippen molar-refractivity contribution in [3.63, 3.8) is 0 Å². The zero-order valence-electron chi connectivity index (χ0n) is 7.58. The minimum Gasteiger partial charge on any atom is -0.481 e. The number of carboxylic acid groups (broad SMARTS) is 3. The fourth-order valence-electron chi connectivity index (χ4n) is 0.714. The summed E-state index contributed by atoms with van der Waals surface area (Å²) in [4.78, 5) is 30.5. The second kappa shape index (κ2) is 6.70. The zero-order chi connectivity index (χ0) is 12.6. The molecule has 0 aliphatic rings.